The Kier molecular flexibility index (Phi) is 4.41. The van der Waals surface area contributed by atoms with Gasteiger partial charge >= 0.3 is 5.69 Å². The SMILES string of the molecule is CNC(C)CSc1n[nH]c(=O)n1C(C)C. The molecule has 86 valence electrons. The predicted molar refractivity (Wildman–Crippen MR) is 62.5 cm³/mol. The summed E-state index contributed by atoms with van der Waals surface area (Å²) < 4.78 is 1.67. The van der Waals surface area contributed by atoms with Gasteiger partial charge in [-0.25, -0.2) is 9.89 Å². The van der Waals surface area contributed by atoms with E-state index in [1.54, 1.807) is 16.3 Å². The third-order valence-electron chi connectivity index (χ3n) is 2.14. The Morgan fingerprint density at radius 2 is 2.20 bits per heavy atom. The van der Waals surface area contributed by atoms with Crippen LogP contribution < -0.4 is 11.0 Å². The van der Waals surface area contributed by atoms with E-state index in [-0.39, 0.29) is 11.7 Å². The lowest BCUT2D eigenvalue weighted by Gasteiger charge is -2.11. The zero-order valence-electron chi connectivity index (χ0n) is 9.57. The molecule has 6 heteroatoms. The van der Waals surface area contributed by atoms with Crippen LogP contribution in [0.2, 0.25) is 0 Å². The third kappa shape index (κ3) is 3.10. The zero-order chi connectivity index (χ0) is 11.4. The number of rotatable bonds is 5. The Morgan fingerprint density at radius 1 is 1.53 bits per heavy atom. The lowest BCUT2D eigenvalue weighted by Crippen LogP contribution is -2.24. The average molecular weight is 230 g/mol. The predicted octanol–water partition coefficient (Wildman–Crippen LogP) is 0.852. The van der Waals surface area contributed by atoms with Crippen LogP contribution in [0.25, 0.3) is 0 Å². The van der Waals surface area contributed by atoms with Gasteiger partial charge in [-0.2, -0.15) is 0 Å². The smallest absolute Gasteiger partial charge is 0.316 e. The fourth-order valence-corrected chi connectivity index (χ4v) is 2.24. The van der Waals surface area contributed by atoms with E-state index in [0.29, 0.717) is 6.04 Å². The van der Waals surface area contributed by atoms with Crippen LogP contribution in [0.5, 0.6) is 0 Å². The molecule has 1 heterocycles. The molecule has 0 bridgehead atoms. The standard InChI is InChI=1S/C9H18N4OS/c1-6(2)13-8(14)11-12-9(13)15-5-7(3)10-4/h6-7,10H,5H2,1-4H3,(H,11,14). The second kappa shape index (κ2) is 5.37. The Labute approximate surface area is 93.6 Å². The van der Waals surface area contributed by atoms with Crippen molar-refractivity contribution < 1.29 is 0 Å². The fraction of sp³-hybridized carbons (Fsp3) is 0.778. The molecule has 0 saturated carbocycles. The fourth-order valence-electron chi connectivity index (χ4n) is 1.13. The highest BCUT2D eigenvalue weighted by Gasteiger charge is 2.12. The summed E-state index contributed by atoms with van der Waals surface area (Å²) in [5.74, 6) is 0.896. The van der Waals surface area contributed by atoms with Gasteiger partial charge in [0.2, 0.25) is 0 Å². The highest BCUT2D eigenvalue weighted by Crippen LogP contribution is 2.17. The van der Waals surface area contributed by atoms with Crippen molar-refractivity contribution in [3.8, 4) is 0 Å². The Morgan fingerprint density at radius 3 is 2.73 bits per heavy atom. The summed E-state index contributed by atoms with van der Waals surface area (Å²) in [5.41, 5.74) is -0.135. The molecular weight excluding hydrogens is 212 g/mol. The summed E-state index contributed by atoms with van der Waals surface area (Å²) in [6.45, 7) is 6.04. The van der Waals surface area contributed by atoms with Crippen LogP contribution in [0.3, 0.4) is 0 Å². The first-order valence-electron chi connectivity index (χ1n) is 5.03. The van der Waals surface area contributed by atoms with Crippen LogP contribution in [-0.4, -0.2) is 33.6 Å². The molecule has 0 fully saturated rings. The van der Waals surface area contributed by atoms with Crippen LogP contribution in [0.1, 0.15) is 26.8 Å². The van der Waals surface area contributed by atoms with Crippen LogP contribution in [0.4, 0.5) is 0 Å². The Balaban J connectivity index is 2.73. The van der Waals surface area contributed by atoms with Gasteiger partial charge in [0.25, 0.3) is 0 Å². The number of nitrogens with zero attached hydrogens (tertiary/aromatic N) is 2. The Hall–Kier alpha value is -0.750. The highest BCUT2D eigenvalue weighted by molar-refractivity contribution is 7.99. The van der Waals surface area contributed by atoms with Gasteiger partial charge < -0.3 is 5.32 Å². The third-order valence-corrected chi connectivity index (χ3v) is 3.36. The minimum absolute atomic E-state index is 0.135. The van der Waals surface area contributed by atoms with Crippen molar-refractivity contribution in [2.45, 2.75) is 38.0 Å². The quantitative estimate of drug-likeness (QED) is 0.736. The first kappa shape index (κ1) is 12.3. The second-order valence-corrected chi connectivity index (χ2v) is 4.76. The van der Waals surface area contributed by atoms with E-state index in [1.165, 1.54) is 0 Å². The number of hydrogen-bond donors (Lipinski definition) is 2. The molecule has 5 nitrogen and oxygen atoms in total. The molecule has 1 aromatic heterocycles. The molecule has 1 atom stereocenters. The van der Waals surface area contributed by atoms with E-state index in [2.05, 4.69) is 22.4 Å². The minimum atomic E-state index is -0.135. The van der Waals surface area contributed by atoms with Gasteiger partial charge in [0, 0.05) is 17.8 Å². The molecule has 0 spiro atoms. The summed E-state index contributed by atoms with van der Waals surface area (Å²) >= 11 is 1.59. The van der Waals surface area contributed by atoms with Crippen molar-refractivity contribution in [2.75, 3.05) is 12.8 Å². The van der Waals surface area contributed by atoms with Crippen molar-refractivity contribution >= 4 is 11.8 Å². The molecule has 0 aliphatic heterocycles. The number of aromatic nitrogens is 3. The lowest BCUT2D eigenvalue weighted by molar-refractivity contribution is 0.533. The molecule has 0 radical (unpaired) electrons. The molecular formula is C9H18N4OS. The highest BCUT2D eigenvalue weighted by atomic mass is 32.2. The van der Waals surface area contributed by atoms with E-state index in [4.69, 9.17) is 0 Å². The van der Waals surface area contributed by atoms with Crippen molar-refractivity contribution in [2.24, 2.45) is 0 Å². The Bertz CT molecular complexity index is 357. The zero-order valence-corrected chi connectivity index (χ0v) is 10.4. The summed E-state index contributed by atoms with van der Waals surface area (Å²) in [7, 11) is 1.92. The van der Waals surface area contributed by atoms with Crippen molar-refractivity contribution in [1.29, 1.82) is 0 Å². The van der Waals surface area contributed by atoms with Crippen molar-refractivity contribution in [3.05, 3.63) is 10.5 Å². The van der Waals surface area contributed by atoms with Crippen LogP contribution in [0.15, 0.2) is 9.95 Å². The normalized spacial score (nSPS) is 13.4. The number of H-pyrrole nitrogens is 1. The number of aromatic amines is 1. The van der Waals surface area contributed by atoms with Crippen LogP contribution in [-0.2, 0) is 0 Å². The van der Waals surface area contributed by atoms with Gasteiger partial charge in [-0.15, -0.1) is 5.10 Å². The van der Waals surface area contributed by atoms with Gasteiger partial charge in [0.05, 0.1) is 0 Å². The van der Waals surface area contributed by atoms with E-state index < -0.39 is 0 Å². The molecule has 15 heavy (non-hydrogen) atoms. The maximum atomic E-state index is 11.4. The molecule has 0 saturated heterocycles. The summed E-state index contributed by atoms with van der Waals surface area (Å²) in [6, 6.07) is 0.547. The van der Waals surface area contributed by atoms with Crippen LogP contribution in [0, 0.1) is 0 Å². The first-order chi connectivity index (χ1) is 7.06. The van der Waals surface area contributed by atoms with E-state index in [9.17, 15) is 4.79 Å². The molecule has 1 aromatic rings. The van der Waals surface area contributed by atoms with Crippen molar-refractivity contribution in [1.82, 2.24) is 20.1 Å². The number of thioether (sulfide) groups is 1. The summed E-state index contributed by atoms with van der Waals surface area (Å²) in [6.07, 6.45) is 0. The molecule has 1 rings (SSSR count). The first-order valence-corrected chi connectivity index (χ1v) is 6.01. The summed E-state index contributed by atoms with van der Waals surface area (Å²) in [5, 5.41) is 10.4. The van der Waals surface area contributed by atoms with E-state index >= 15 is 0 Å². The average Bonchev–Trinajstić information content (AvgIpc) is 2.56. The second-order valence-electron chi connectivity index (χ2n) is 3.78. The monoisotopic (exact) mass is 230 g/mol. The largest absolute Gasteiger partial charge is 0.344 e. The number of hydrogen-bond acceptors (Lipinski definition) is 4. The van der Waals surface area contributed by atoms with Gasteiger partial charge in [0.15, 0.2) is 5.16 Å². The van der Waals surface area contributed by atoms with Gasteiger partial charge in [-0.05, 0) is 27.8 Å². The minimum Gasteiger partial charge on any atom is -0.316 e. The topological polar surface area (TPSA) is 62.7 Å². The van der Waals surface area contributed by atoms with Gasteiger partial charge in [-0.1, -0.05) is 11.8 Å². The molecule has 0 aliphatic rings. The van der Waals surface area contributed by atoms with Crippen molar-refractivity contribution in [3.63, 3.8) is 0 Å². The molecule has 2 N–H and O–H groups in total. The maximum Gasteiger partial charge on any atom is 0.344 e. The van der Waals surface area contributed by atoms with Gasteiger partial charge in [-0.3, -0.25) is 4.57 Å². The van der Waals surface area contributed by atoms with Gasteiger partial charge in [0.1, 0.15) is 0 Å². The molecule has 0 aromatic carbocycles. The lowest BCUT2D eigenvalue weighted by atomic mass is 10.4. The maximum absolute atomic E-state index is 11.4. The summed E-state index contributed by atoms with van der Waals surface area (Å²) in [4.78, 5) is 11.4. The van der Waals surface area contributed by atoms with E-state index in [0.717, 1.165) is 10.9 Å². The van der Waals surface area contributed by atoms with Crippen LogP contribution >= 0.6 is 11.8 Å². The van der Waals surface area contributed by atoms with E-state index in [1.807, 2.05) is 20.9 Å². The number of nitrogens with one attached hydrogen (secondary N) is 2. The molecule has 0 amide bonds. The molecule has 0 aliphatic carbocycles. The molecule has 1 unspecified atom stereocenters.